The molecule has 0 aliphatic heterocycles. The first-order chi connectivity index (χ1) is 14.7. The summed E-state index contributed by atoms with van der Waals surface area (Å²) in [6.07, 6.45) is 0. The van der Waals surface area contributed by atoms with Crippen LogP contribution in [-0.2, 0) is 0 Å². The number of aromatic nitrogens is 8. The Bertz CT molecular complexity index is 1400. The molecule has 0 saturated heterocycles. The molecule has 0 radical (unpaired) electrons. The maximum absolute atomic E-state index is 4.71. The van der Waals surface area contributed by atoms with E-state index in [0.29, 0.717) is 21.6 Å². The zero-order chi connectivity index (χ0) is 20.2. The molecular formula is C18H8Br2N8S2. The van der Waals surface area contributed by atoms with Crippen molar-refractivity contribution in [1.29, 1.82) is 0 Å². The van der Waals surface area contributed by atoms with Crippen molar-refractivity contribution >= 4 is 64.5 Å². The molecule has 0 atom stereocenters. The van der Waals surface area contributed by atoms with Crippen LogP contribution in [0.2, 0.25) is 0 Å². The predicted octanol–water partition coefficient (Wildman–Crippen LogP) is 5.21. The van der Waals surface area contributed by atoms with Crippen LogP contribution in [-0.4, -0.2) is 39.6 Å². The first kappa shape index (κ1) is 18.2. The first-order valence-electron chi connectivity index (χ1n) is 8.62. The fourth-order valence-electron chi connectivity index (χ4n) is 2.96. The monoisotopic (exact) mass is 558 g/mol. The Balaban J connectivity index is 1.43. The molecule has 4 heterocycles. The standard InChI is InChI=1S/C18H8Br2N8S2/c19-11-5-1-9(2-6-11)13-21-23-17-27(13)25-15(29-17)16-26-28-14(22-24-18(28)30-16)10-3-7-12(20)8-4-10/h1-8H. The molecule has 4 aromatic heterocycles. The molecular weight excluding hydrogens is 552 g/mol. The van der Waals surface area contributed by atoms with Gasteiger partial charge in [-0.15, -0.1) is 30.6 Å². The summed E-state index contributed by atoms with van der Waals surface area (Å²) in [5, 5.41) is 28.0. The second-order valence-corrected chi connectivity index (χ2v) is 10.0. The van der Waals surface area contributed by atoms with E-state index in [1.807, 2.05) is 48.5 Å². The molecule has 0 spiro atoms. The van der Waals surface area contributed by atoms with Crippen molar-refractivity contribution in [2.75, 3.05) is 0 Å². The highest BCUT2D eigenvalue weighted by atomic mass is 79.9. The Labute approximate surface area is 193 Å². The summed E-state index contributed by atoms with van der Waals surface area (Å²) in [6.45, 7) is 0. The minimum Gasteiger partial charge on any atom is -0.182 e. The number of hydrogen-bond acceptors (Lipinski definition) is 8. The SMILES string of the molecule is Brc1ccc(-c2nnc3sc(-c4nn5c(-c6ccc(Br)cc6)nnc5s4)nn23)cc1. The molecule has 146 valence electrons. The lowest BCUT2D eigenvalue weighted by atomic mass is 10.2. The van der Waals surface area contributed by atoms with Gasteiger partial charge >= 0.3 is 0 Å². The molecule has 0 bridgehead atoms. The summed E-state index contributed by atoms with van der Waals surface area (Å²) < 4.78 is 5.52. The van der Waals surface area contributed by atoms with E-state index in [2.05, 4.69) is 52.3 Å². The third-order valence-corrected chi connectivity index (χ3v) is 7.37. The van der Waals surface area contributed by atoms with Gasteiger partial charge in [0.25, 0.3) is 0 Å². The topological polar surface area (TPSA) is 86.2 Å². The maximum atomic E-state index is 4.71. The minimum atomic E-state index is 0.693. The zero-order valence-corrected chi connectivity index (χ0v) is 19.6. The van der Waals surface area contributed by atoms with Crippen molar-refractivity contribution in [3.63, 3.8) is 0 Å². The lowest BCUT2D eigenvalue weighted by Gasteiger charge is -1.97. The van der Waals surface area contributed by atoms with E-state index in [9.17, 15) is 0 Å². The average Bonchev–Trinajstić information content (AvgIpc) is 3.49. The minimum absolute atomic E-state index is 0.693. The number of nitrogens with zero attached hydrogens (tertiary/aromatic N) is 8. The van der Waals surface area contributed by atoms with Crippen molar-refractivity contribution < 1.29 is 0 Å². The second-order valence-electron chi connectivity index (χ2n) is 6.26. The van der Waals surface area contributed by atoms with E-state index in [1.165, 1.54) is 22.7 Å². The van der Waals surface area contributed by atoms with Crippen LogP contribution in [0.25, 0.3) is 42.7 Å². The van der Waals surface area contributed by atoms with Crippen LogP contribution in [0.5, 0.6) is 0 Å². The Morgan fingerprint density at radius 3 is 1.37 bits per heavy atom. The molecule has 0 amide bonds. The highest BCUT2D eigenvalue weighted by Crippen LogP contribution is 2.32. The normalized spacial score (nSPS) is 11.7. The third-order valence-electron chi connectivity index (χ3n) is 4.37. The molecule has 0 aliphatic carbocycles. The van der Waals surface area contributed by atoms with Gasteiger partial charge in [-0.05, 0) is 24.3 Å². The van der Waals surface area contributed by atoms with Gasteiger partial charge in [-0.2, -0.15) is 9.03 Å². The van der Waals surface area contributed by atoms with Gasteiger partial charge in [0.05, 0.1) is 0 Å². The van der Waals surface area contributed by atoms with Crippen LogP contribution in [0, 0.1) is 0 Å². The van der Waals surface area contributed by atoms with E-state index in [1.54, 1.807) is 9.03 Å². The molecule has 6 aromatic rings. The molecule has 0 unspecified atom stereocenters. The average molecular weight is 560 g/mol. The Kier molecular flexibility index (Phi) is 4.26. The molecule has 0 fully saturated rings. The Hall–Kier alpha value is -2.54. The molecule has 8 nitrogen and oxygen atoms in total. The molecule has 30 heavy (non-hydrogen) atoms. The van der Waals surface area contributed by atoms with E-state index >= 15 is 0 Å². The van der Waals surface area contributed by atoms with Crippen molar-refractivity contribution in [2.45, 2.75) is 0 Å². The van der Waals surface area contributed by atoms with E-state index < -0.39 is 0 Å². The molecule has 6 rings (SSSR count). The second kappa shape index (κ2) is 7.01. The third kappa shape index (κ3) is 2.98. The van der Waals surface area contributed by atoms with Crippen LogP contribution >= 0.6 is 54.5 Å². The van der Waals surface area contributed by atoms with Crippen LogP contribution in [0.3, 0.4) is 0 Å². The highest BCUT2D eigenvalue weighted by molar-refractivity contribution is 9.10. The Morgan fingerprint density at radius 2 is 0.967 bits per heavy atom. The fraction of sp³-hybridized carbons (Fsp3) is 0. The van der Waals surface area contributed by atoms with Crippen molar-refractivity contribution in [3.8, 4) is 32.8 Å². The summed E-state index contributed by atoms with van der Waals surface area (Å²) in [5.74, 6) is 1.39. The highest BCUT2D eigenvalue weighted by Gasteiger charge is 2.19. The van der Waals surface area contributed by atoms with Crippen LogP contribution < -0.4 is 0 Å². The van der Waals surface area contributed by atoms with Gasteiger partial charge in [0, 0.05) is 20.1 Å². The predicted molar refractivity (Wildman–Crippen MR) is 123 cm³/mol. The lowest BCUT2D eigenvalue weighted by molar-refractivity contribution is 0.944. The van der Waals surface area contributed by atoms with E-state index in [4.69, 9.17) is 10.2 Å². The summed E-state index contributed by atoms with van der Waals surface area (Å²) >= 11 is 9.79. The number of rotatable bonds is 3. The van der Waals surface area contributed by atoms with Crippen molar-refractivity contribution in [3.05, 3.63) is 57.5 Å². The van der Waals surface area contributed by atoms with Crippen molar-refractivity contribution in [2.24, 2.45) is 0 Å². The summed E-state index contributed by atoms with van der Waals surface area (Å²) in [5.41, 5.74) is 1.89. The molecule has 12 heteroatoms. The van der Waals surface area contributed by atoms with Gasteiger partial charge in [-0.3, -0.25) is 0 Å². The lowest BCUT2D eigenvalue weighted by Crippen LogP contribution is -1.92. The largest absolute Gasteiger partial charge is 0.235 e. The quantitative estimate of drug-likeness (QED) is 0.296. The maximum Gasteiger partial charge on any atom is 0.235 e. The summed E-state index contributed by atoms with van der Waals surface area (Å²) in [7, 11) is 0. The van der Waals surface area contributed by atoms with Crippen LogP contribution in [0.15, 0.2) is 57.5 Å². The van der Waals surface area contributed by atoms with Gasteiger partial charge in [0.1, 0.15) is 0 Å². The van der Waals surface area contributed by atoms with Gasteiger partial charge in [-0.25, -0.2) is 0 Å². The Morgan fingerprint density at radius 1 is 0.567 bits per heavy atom. The fourth-order valence-corrected chi connectivity index (χ4v) is 5.18. The number of fused-ring (bicyclic) bond motifs is 2. The van der Waals surface area contributed by atoms with E-state index in [0.717, 1.165) is 30.1 Å². The number of halogens is 2. The van der Waals surface area contributed by atoms with Gasteiger partial charge in [-0.1, -0.05) is 78.8 Å². The van der Waals surface area contributed by atoms with Crippen molar-refractivity contribution in [1.82, 2.24) is 39.6 Å². The molecule has 2 aromatic carbocycles. The zero-order valence-electron chi connectivity index (χ0n) is 14.8. The van der Waals surface area contributed by atoms with Crippen LogP contribution in [0.4, 0.5) is 0 Å². The van der Waals surface area contributed by atoms with Gasteiger partial charge in [0.2, 0.25) is 9.92 Å². The van der Waals surface area contributed by atoms with Gasteiger partial charge in [0.15, 0.2) is 21.7 Å². The number of benzene rings is 2. The first-order valence-corrected chi connectivity index (χ1v) is 11.8. The van der Waals surface area contributed by atoms with Crippen LogP contribution in [0.1, 0.15) is 0 Å². The van der Waals surface area contributed by atoms with Gasteiger partial charge < -0.3 is 0 Å². The van der Waals surface area contributed by atoms with E-state index in [-0.39, 0.29) is 0 Å². The summed E-state index contributed by atoms with van der Waals surface area (Å²) in [4.78, 5) is 1.42. The number of hydrogen-bond donors (Lipinski definition) is 0. The molecule has 0 aliphatic rings. The molecule has 0 N–H and O–H groups in total. The summed E-state index contributed by atoms with van der Waals surface area (Å²) in [6, 6.07) is 15.8. The molecule has 0 saturated carbocycles. The smallest absolute Gasteiger partial charge is 0.182 e.